The highest BCUT2D eigenvalue weighted by molar-refractivity contribution is 7.11. The van der Waals surface area contributed by atoms with Gasteiger partial charge in [-0.15, -0.1) is 11.3 Å². The van der Waals surface area contributed by atoms with Crippen LogP contribution in [0.1, 0.15) is 36.0 Å². The first-order valence-corrected chi connectivity index (χ1v) is 10.4. The number of carbonyl (C=O) groups is 4. The fourth-order valence-corrected chi connectivity index (χ4v) is 4.59. The minimum atomic E-state index is -1.25. The molecule has 7 nitrogen and oxygen atoms in total. The van der Waals surface area contributed by atoms with Crippen molar-refractivity contribution in [3.63, 3.8) is 0 Å². The number of thiophene rings is 1. The SMILES string of the molecule is CN(C(=O)c1ccc(Cl)c(N2C(=O)Cc3scc(C(=O)O)c3C2=O)c1)c1ccccc1. The lowest BCUT2D eigenvalue weighted by Gasteiger charge is -2.27. The Kier molecular flexibility index (Phi) is 5.34. The molecule has 4 rings (SSSR count). The van der Waals surface area contributed by atoms with Gasteiger partial charge in [0.25, 0.3) is 11.8 Å². The summed E-state index contributed by atoms with van der Waals surface area (Å²) < 4.78 is 0. The van der Waals surface area contributed by atoms with Crippen LogP contribution in [-0.2, 0) is 11.2 Å². The Morgan fingerprint density at radius 1 is 1.13 bits per heavy atom. The molecule has 1 aliphatic heterocycles. The van der Waals surface area contributed by atoms with E-state index in [-0.39, 0.29) is 39.7 Å². The van der Waals surface area contributed by atoms with Crippen LogP contribution in [0.5, 0.6) is 0 Å². The lowest BCUT2D eigenvalue weighted by Crippen LogP contribution is -2.42. The van der Waals surface area contributed by atoms with Gasteiger partial charge >= 0.3 is 5.97 Å². The van der Waals surface area contributed by atoms with Crippen LogP contribution in [-0.4, -0.2) is 35.8 Å². The largest absolute Gasteiger partial charge is 0.478 e. The van der Waals surface area contributed by atoms with Gasteiger partial charge in [0.2, 0.25) is 5.91 Å². The zero-order chi connectivity index (χ0) is 22.3. The number of carboxylic acid groups (broad SMARTS) is 1. The molecule has 0 saturated carbocycles. The molecule has 0 fully saturated rings. The summed E-state index contributed by atoms with van der Waals surface area (Å²) in [5.74, 6) is -2.92. The van der Waals surface area contributed by atoms with Gasteiger partial charge in [0.1, 0.15) is 0 Å². The number of nitrogens with zero attached hydrogens (tertiary/aromatic N) is 2. The average Bonchev–Trinajstić information content (AvgIpc) is 3.19. The molecule has 9 heteroatoms. The van der Waals surface area contributed by atoms with Crippen LogP contribution in [0.25, 0.3) is 0 Å². The quantitative estimate of drug-likeness (QED) is 0.599. The van der Waals surface area contributed by atoms with E-state index >= 15 is 0 Å². The molecule has 0 saturated heterocycles. The van der Waals surface area contributed by atoms with Crippen molar-refractivity contribution in [3.05, 3.63) is 80.5 Å². The lowest BCUT2D eigenvalue weighted by atomic mass is 10.0. The Morgan fingerprint density at radius 2 is 1.84 bits per heavy atom. The molecule has 3 amide bonds. The van der Waals surface area contributed by atoms with Gasteiger partial charge in [-0.25, -0.2) is 9.69 Å². The molecule has 0 bridgehead atoms. The third kappa shape index (κ3) is 3.60. The third-order valence-electron chi connectivity index (χ3n) is 4.96. The van der Waals surface area contributed by atoms with Gasteiger partial charge in [-0.05, 0) is 30.3 Å². The maximum absolute atomic E-state index is 13.1. The number of carboxylic acids is 1. The van der Waals surface area contributed by atoms with Crippen molar-refractivity contribution in [2.75, 3.05) is 16.8 Å². The topological polar surface area (TPSA) is 95.0 Å². The average molecular weight is 455 g/mol. The molecule has 0 radical (unpaired) electrons. The van der Waals surface area contributed by atoms with Gasteiger partial charge in [-0.3, -0.25) is 14.4 Å². The lowest BCUT2D eigenvalue weighted by molar-refractivity contribution is -0.117. The minimum absolute atomic E-state index is 0.0219. The van der Waals surface area contributed by atoms with Crippen molar-refractivity contribution in [3.8, 4) is 0 Å². The van der Waals surface area contributed by atoms with Crippen LogP contribution in [0.15, 0.2) is 53.9 Å². The van der Waals surface area contributed by atoms with E-state index in [4.69, 9.17) is 11.6 Å². The van der Waals surface area contributed by atoms with Crippen molar-refractivity contribution in [1.29, 1.82) is 0 Å². The number of fused-ring (bicyclic) bond motifs is 1. The van der Waals surface area contributed by atoms with Gasteiger partial charge in [-0.2, -0.15) is 0 Å². The number of hydrogen-bond donors (Lipinski definition) is 1. The monoisotopic (exact) mass is 454 g/mol. The first kappa shape index (κ1) is 20.8. The van der Waals surface area contributed by atoms with E-state index in [2.05, 4.69) is 0 Å². The van der Waals surface area contributed by atoms with E-state index in [1.165, 1.54) is 28.5 Å². The van der Waals surface area contributed by atoms with Crippen LogP contribution in [0.2, 0.25) is 5.02 Å². The van der Waals surface area contributed by atoms with E-state index in [0.717, 1.165) is 16.2 Å². The smallest absolute Gasteiger partial charge is 0.337 e. The number of benzene rings is 2. The number of carbonyl (C=O) groups excluding carboxylic acids is 3. The molecule has 2 aromatic carbocycles. The molecule has 3 aromatic rings. The Labute approximate surface area is 186 Å². The summed E-state index contributed by atoms with van der Waals surface area (Å²) in [6, 6.07) is 13.3. The molecular weight excluding hydrogens is 440 g/mol. The van der Waals surface area contributed by atoms with Gasteiger partial charge in [0, 0.05) is 28.6 Å². The summed E-state index contributed by atoms with van der Waals surface area (Å²) in [5, 5.41) is 10.8. The van der Waals surface area contributed by atoms with E-state index in [0.29, 0.717) is 10.6 Å². The highest BCUT2D eigenvalue weighted by Crippen LogP contribution is 2.35. The van der Waals surface area contributed by atoms with Gasteiger partial charge < -0.3 is 10.0 Å². The predicted octanol–water partition coefficient (Wildman–Crippen LogP) is 4.11. The molecule has 156 valence electrons. The summed E-state index contributed by atoms with van der Waals surface area (Å²) in [6.07, 6.45) is -0.128. The molecule has 31 heavy (non-hydrogen) atoms. The van der Waals surface area contributed by atoms with Crippen LogP contribution in [0.4, 0.5) is 11.4 Å². The van der Waals surface area contributed by atoms with Crippen LogP contribution in [0.3, 0.4) is 0 Å². The van der Waals surface area contributed by atoms with Gasteiger partial charge in [0.15, 0.2) is 0 Å². The zero-order valence-corrected chi connectivity index (χ0v) is 17.7. The number of rotatable bonds is 4. The fraction of sp³-hybridized carbons (Fsp3) is 0.0909. The summed E-state index contributed by atoms with van der Waals surface area (Å²) in [4.78, 5) is 53.0. The number of halogens is 1. The molecular formula is C22H15ClN2O5S. The number of anilines is 2. The van der Waals surface area contributed by atoms with Crippen molar-refractivity contribution < 1.29 is 24.3 Å². The van der Waals surface area contributed by atoms with Crippen molar-refractivity contribution >= 4 is 58.0 Å². The van der Waals surface area contributed by atoms with Gasteiger partial charge in [-0.1, -0.05) is 29.8 Å². The molecule has 0 spiro atoms. The zero-order valence-electron chi connectivity index (χ0n) is 16.2. The maximum Gasteiger partial charge on any atom is 0.337 e. The number of hydrogen-bond acceptors (Lipinski definition) is 5. The van der Waals surface area contributed by atoms with Crippen molar-refractivity contribution in [1.82, 2.24) is 0 Å². The Morgan fingerprint density at radius 3 is 2.52 bits per heavy atom. The highest BCUT2D eigenvalue weighted by atomic mass is 35.5. The summed E-state index contributed by atoms with van der Waals surface area (Å²) in [5.41, 5.74) is 0.752. The Hall–Kier alpha value is -3.49. The molecule has 0 unspecified atom stereocenters. The standard InChI is InChI=1S/C22H15ClN2O5S/c1-24(13-5-3-2-4-6-13)20(27)12-7-8-15(23)16(9-12)25-18(26)10-17-19(21(25)28)14(11-31-17)22(29)30/h2-9,11H,10H2,1H3,(H,29,30). The predicted molar refractivity (Wildman–Crippen MR) is 117 cm³/mol. The number of imide groups is 1. The number of amides is 3. The Balaban J connectivity index is 1.74. The van der Waals surface area contributed by atoms with E-state index < -0.39 is 17.8 Å². The number of aromatic carboxylic acids is 1. The van der Waals surface area contributed by atoms with Crippen molar-refractivity contribution in [2.24, 2.45) is 0 Å². The summed E-state index contributed by atoms with van der Waals surface area (Å²) in [7, 11) is 1.61. The Bertz CT molecular complexity index is 1240. The second-order valence-corrected chi connectivity index (χ2v) is 8.20. The molecule has 2 heterocycles. The third-order valence-corrected chi connectivity index (χ3v) is 6.26. The van der Waals surface area contributed by atoms with E-state index in [1.54, 1.807) is 31.3 Å². The van der Waals surface area contributed by atoms with E-state index in [9.17, 15) is 24.3 Å². The van der Waals surface area contributed by atoms with E-state index in [1.807, 2.05) is 6.07 Å². The fourth-order valence-electron chi connectivity index (χ4n) is 3.38. The second kappa shape index (κ2) is 7.98. The van der Waals surface area contributed by atoms with Gasteiger partial charge in [0.05, 0.1) is 28.3 Å². The maximum atomic E-state index is 13.1. The molecule has 1 aromatic heterocycles. The molecule has 1 aliphatic rings. The second-order valence-electron chi connectivity index (χ2n) is 6.83. The van der Waals surface area contributed by atoms with Crippen LogP contribution in [0, 0.1) is 0 Å². The number of para-hydroxylation sites is 1. The molecule has 0 atom stereocenters. The van der Waals surface area contributed by atoms with Crippen LogP contribution >= 0.6 is 22.9 Å². The first-order valence-electron chi connectivity index (χ1n) is 9.13. The normalized spacial score (nSPS) is 13.2. The summed E-state index contributed by atoms with van der Waals surface area (Å²) in [6.45, 7) is 0. The minimum Gasteiger partial charge on any atom is -0.478 e. The van der Waals surface area contributed by atoms with Crippen LogP contribution < -0.4 is 9.80 Å². The van der Waals surface area contributed by atoms with Crippen molar-refractivity contribution in [2.45, 2.75) is 6.42 Å². The summed E-state index contributed by atoms with van der Waals surface area (Å²) >= 11 is 7.34. The highest BCUT2D eigenvalue weighted by Gasteiger charge is 2.38. The molecule has 0 aliphatic carbocycles. The first-order chi connectivity index (χ1) is 14.8. The molecule has 1 N–H and O–H groups in total.